The summed E-state index contributed by atoms with van der Waals surface area (Å²) in [6, 6.07) is 15.5. The fraction of sp³-hybridized carbons (Fsp3) is 0.364. The summed E-state index contributed by atoms with van der Waals surface area (Å²) in [5.41, 5.74) is 7.97. The molecule has 0 saturated carbocycles. The number of para-hydroxylation sites is 1. The van der Waals surface area contributed by atoms with Gasteiger partial charge in [-0.25, -0.2) is 0 Å². The molecule has 5 heteroatoms. The Morgan fingerprint density at radius 2 is 1.63 bits per heavy atom. The van der Waals surface area contributed by atoms with Crippen LogP contribution in [0.2, 0.25) is 0 Å². The van der Waals surface area contributed by atoms with Crippen LogP contribution in [0, 0.1) is 12.8 Å². The van der Waals surface area contributed by atoms with E-state index < -0.39 is 5.91 Å². The number of amides is 2. The quantitative estimate of drug-likeness (QED) is 0.735. The molecule has 0 aromatic heterocycles. The topological polar surface area (TPSA) is 67.4 Å². The number of hydrazine groups is 1. The maximum absolute atomic E-state index is 12.3. The molecular weight excluding hydrogens is 340 g/mol. The lowest BCUT2D eigenvalue weighted by molar-refractivity contribution is -0.130. The van der Waals surface area contributed by atoms with Gasteiger partial charge in [0.1, 0.15) is 5.75 Å². The summed E-state index contributed by atoms with van der Waals surface area (Å²) in [4.78, 5) is 24.2. The molecule has 0 aliphatic heterocycles. The van der Waals surface area contributed by atoms with Crippen molar-refractivity contribution in [3.8, 4) is 5.75 Å². The molecule has 2 N–H and O–H groups in total. The molecule has 0 aliphatic carbocycles. The average molecular weight is 368 g/mol. The highest BCUT2D eigenvalue weighted by atomic mass is 16.5. The molecular formula is C22H28N2O3. The second-order valence-electron chi connectivity index (χ2n) is 7.15. The third kappa shape index (κ3) is 6.44. The van der Waals surface area contributed by atoms with Gasteiger partial charge in [-0.15, -0.1) is 0 Å². The van der Waals surface area contributed by atoms with E-state index in [1.165, 1.54) is 5.56 Å². The molecule has 2 rings (SSSR count). The number of carbonyl (C=O) groups is 2. The number of carbonyl (C=O) groups excluding carboxylic acids is 2. The van der Waals surface area contributed by atoms with Crippen LogP contribution in [-0.2, 0) is 16.0 Å². The Bertz CT molecular complexity index is 769. The van der Waals surface area contributed by atoms with Crippen molar-refractivity contribution in [1.29, 1.82) is 0 Å². The minimum absolute atomic E-state index is 0.163. The van der Waals surface area contributed by atoms with E-state index in [4.69, 9.17) is 4.74 Å². The summed E-state index contributed by atoms with van der Waals surface area (Å²) in [6.45, 7) is 7.90. The summed E-state index contributed by atoms with van der Waals surface area (Å²) in [6.07, 6.45) is 1.01. The number of ether oxygens (including phenoxy) is 1. The van der Waals surface area contributed by atoms with Gasteiger partial charge < -0.3 is 4.74 Å². The lowest BCUT2D eigenvalue weighted by Gasteiger charge is -2.14. The second-order valence-corrected chi connectivity index (χ2v) is 7.15. The van der Waals surface area contributed by atoms with Crippen LogP contribution in [0.3, 0.4) is 0 Å². The molecule has 1 unspecified atom stereocenters. The molecule has 2 amide bonds. The molecule has 27 heavy (non-hydrogen) atoms. The first-order valence-corrected chi connectivity index (χ1v) is 9.22. The normalized spacial score (nSPS) is 11.7. The summed E-state index contributed by atoms with van der Waals surface area (Å²) < 4.78 is 5.46. The summed E-state index contributed by atoms with van der Waals surface area (Å²) in [5.74, 6) is 0.195. The summed E-state index contributed by atoms with van der Waals surface area (Å²) in [7, 11) is 0. The Balaban J connectivity index is 1.80. The van der Waals surface area contributed by atoms with E-state index in [0.29, 0.717) is 11.7 Å². The molecule has 5 nitrogen and oxygen atoms in total. The van der Waals surface area contributed by atoms with Crippen molar-refractivity contribution in [2.75, 3.05) is 6.61 Å². The molecule has 0 aliphatic rings. The molecule has 0 heterocycles. The van der Waals surface area contributed by atoms with E-state index in [1.54, 1.807) is 6.07 Å². The third-order valence-corrected chi connectivity index (χ3v) is 4.29. The predicted molar refractivity (Wildman–Crippen MR) is 106 cm³/mol. The largest absolute Gasteiger partial charge is 0.483 e. The van der Waals surface area contributed by atoms with Crippen LogP contribution in [0.4, 0.5) is 0 Å². The van der Waals surface area contributed by atoms with Crippen molar-refractivity contribution < 1.29 is 14.3 Å². The van der Waals surface area contributed by atoms with Crippen LogP contribution in [0.1, 0.15) is 43.4 Å². The Hall–Kier alpha value is -2.82. The SMILES string of the molecule is Cc1ccccc1OCC(=O)NNC(=O)C(C)c1ccc(CC(C)C)cc1. The molecule has 2 aromatic carbocycles. The zero-order valence-corrected chi connectivity index (χ0v) is 16.4. The maximum atomic E-state index is 12.3. The smallest absolute Gasteiger partial charge is 0.276 e. The molecule has 0 saturated heterocycles. The van der Waals surface area contributed by atoms with Crippen molar-refractivity contribution in [3.63, 3.8) is 0 Å². The predicted octanol–water partition coefficient (Wildman–Crippen LogP) is 3.52. The Morgan fingerprint density at radius 3 is 2.26 bits per heavy atom. The van der Waals surface area contributed by atoms with Crippen LogP contribution < -0.4 is 15.6 Å². The Kier molecular flexibility index (Phi) is 7.41. The number of aryl methyl sites for hydroxylation is 1. The van der Waals surface area contributed by atoms with E-state index in [1.807, 2.05) is 56.3 Å². The molecule has 1 atom stereocenters. The minimum Gasteiger partial charge on any atom is -0.483 e. The molecule has 0 radical (unpaired) electrons. The van der Waals surface area contributed by atoms with Gasteiger partial charge in [-0.1, -0.05) is 56.3 Å². The van der Waals surface area contributed by atoms with Gasteiger partial charge in [-0.05, 0) is 48.9 Å². The highest BCUT2D eigenvalue weighted by Crippen LogP contribution is 2.18. The lowest BCUT2D eigenvalue weighted by atomic mass is 9.96. The van der Waals surface area contributed by atoms with Gasteiger partial charge in [0.15, 0.2) is 6.61 Å². The van der Waals surface area contributed by atoms with Crippen LogP contribution in [-0.4, -0.2) is 18.4 Å². The summed E-state index contributed by atoms with van der Waals surface area (Å²) in [5, 5.41) is 0. The fourth-order valence-corrected chi connectivity index (χ4v) is 2.70. The van der Waals surface area contributed by atoms with Gasteiger partial charge in [0.25, 0.3) is 5.91 Å². The van der Waals surface area contributed by atoms with E-state index in [-0.39, 0.29) is 18.4 Å². The monoisotopic (exact) mass is 368 g/mol. The maximum Gasteiger partial charge on any atom is 0.276 e. The number of benzene rings is 2. The van der Waals surface area contributed by atoms with Gasteiger partial charge in [-0.3, -0.25) is 20.4 Å². The Labute approximate surface area is 161 Å². The highest BCUT2D eigenvalue weighted by molar-refractivity contribution is 5.86. The Morgan fingerprint density at radius 1 is 0.963 bits per heavy atom. The van der Waals surface area contributed by atoms with Gasteiger partial charge in [0.2, 0.25) is 5.91 Å². The van der Waals surface area contributed by atoms with Crippen molar-refractivity contribution in [2.24, 2.45) is 5.92 Å². The van der Waals surface area contributed by atoms with Gasteiger partial charge >= 0.3 is 0 Å². The van der Waals surface area contributed by atoms with Crippen LogP contribution in [0.25, 0.3) is 0 Å². The van der Waals surface area contributed by atoms with Crippen LogP contribution >= 0.6 is 0 Å². The average Bonchev–Trinajstić information content (AvgIpc) is 2.65. The minimum atomic E-state index is -0.411. The van der Waals surface area contributed by atoms with Gasteiger partial charge in [-0.2, -0.15) is 0 Å². The standard InChI is InChI=1S/C22H28N2O3/c1-15(2)13-18-9-11-19(12-10-18)17(4)22(26)24-23-21(25)14-27-20-8-6-5-7-16(20)3/h5-12,15,17H,13-14H2,1-4H3,(H,23,25)(H,24,26). The third-order valence-electron chi connectivity index (χ3n) is 4.29. The molecule has 0 bridgehead atoms. The lowest BCUT2D eigenvalue weighted by Crippen LogP contribution is -2.45. The zero-order valence-electron chi connectivity index (χ0n) is 16.4. The van der Waals surface area contributed by atoms with Crippen molar-refractivity contribution in [2.45, 2.75) is 40.0 Å². The second kappa shape index (κ2) is 9.76. The van der Waals surface area contributed by atoms with Crippen LogP contribution in [0.5, 0.6) is 5.75 Å². The number of hydrogen-bond donors (Lipinski definition) is 2. The van der Waals surface area contributed by atoms with E-state index in [0.717, 1.165) is 17.5 Å². The van der Waals surface area contributed by atoms with Crippen molar-refractivity contribution in [1.82, 2.24) is 10.9 Å². The molecule has 2 aromatic rings. The zero-order chi connectivity index (χ0) is 19.8. The molecule has 0 fully saturated rings. The number of hydrogen-bond acceptors (Lipinski definition) is 3. The first-order chi connectivity index (χ1) is 12.9. The van der Waals surface area contributed by atoms with Gasteiger partial charge in [0, 0.05) is 0 Å². The summed E-state index contributed by atoms with van der Waals surface area (Å²) >= 11 is 0. The van der Waals surface area contributed by atoms with Crippen LogP contribution in [0.15, 0.2) is 48.5 Å². The van der Waals surface area contributed by atoms with E-state index in [2.05, 4.69) is 24.7 Å². The molecule has 0 spiro atoms. The first-order valence-electron chi connectivity index (χ1n) is 9.22. The fourth-order valence-electron chi connectivity index (χ4n) is 2.70. The van der Waals surface area contributed by atoms with Gasteiger partial charge in [0.05, 0.1) is 5.92 Å². The van der Waals surface area contributed by atoms with E-state index in [9.17, 15) is 9.59 Å². The first kappa shape index (κ1) is 20.5. The van der Waals surface area contributed by atoms with Crippen molar-refractivity contribution in [3.05, 3.63) is 65.2 Å². The molecule has 144 valence electrons. The van der Waals surface area contributed by atoms with Crippen molar-refractivity contribution >= 4 is 11.8 Å². The number of rotatable bonds is 7. The van der Waals surface area contributed by atoms with E-state index >= 15 is 0 Å². The number of nitrogens with one attached hydrogen (secondary N) is 2. The highest BCUT2D eigenvalue weighted by Gasteiger charge is 2.16.